The zero-order valence-electron chi connectivity index (χ0n) is 8.31. The van der Waals surface area contributed by atoms with Crippen LogP contribution in [0.2, 0.25) is 0 Å². The van der Waals surface area contributed by atoms with E-state index in [0.717, 1.165) is 24.1 Å². The summed E-state index contributed by atoms with van der Waals surface area (Å²) >= 11 is 5.02. The van der Waals surface area contributed by atoms with Crippen molar-refractivity contribution in [2.75, 3.05) is 13.1 Å². The molecule has 0 unspecified atom stereocenters. The van der Waals surface area contributed by atoms with E-state index in [1.807, 2.05) is 6.92 Å². The van der Waals surface area contributed by atoms with E-state index in [4.69, 9.17) is 12.2 Å². The summed E-state index contributed by atoms with van der Waals surface area (Å²) in [6.45, 7) is 8.41. The first-order valence-electron chi connectivity index (χ1n) is 4.72. The van der Waals surface area contributed by atoms with Crippen molar-refractivity contribution in [1.29, 1.82) is 0 Å². The van der Waals surface area contributed by atoms with Crippen LogP contribution in [0, 0.1) is 5.92 Å². The highest BCUT2D eigenvalue weighted by atomic mass is 32.1. The second-order valence-corrected chi connectivity index (χ2v) is 3.50. The molecule has 0 aromatic carbocycles. The molecule has 1 atom stereocenters. The summed E-state index contributed by atoms with van der Waals surface area (Å²) in [6.07, 6.45) is 2.44. The van der Waals surface area contributed by atoms with Gasteiger partial charge in [-0.3, -0.25) is 0 Å². The highest BCUT2D eigenvalue weighted by Gasteiger charge is 1.98. The Morgan fingerprint density at radius 3 is 2.50 bits per heavy atom. The van der Waals surface area contributed by atoms with Gasteiger partial charge in [-0.15, -0.1) is 0 Å². The molecule has 2 nitrogen and oxygen atoms in total. The Balaban J connectivity index is 3.24. The van der Waals surface area contributed by atoms with Crippen LogP contribution in [-0.4, -0.2) is 18.2 Å². The second kappa shape index (κ2) is 7.35. The summed E-state index contributed by atoms with van der Waals surface area (Å²) in [4.78, 5) is 0. The van der Waals surface area contributed by atoms with E-state index in [0.29, 0.717) is 0 Å². The monoisotopic (exact) mass is 188 g/mol. The van der Waals surface area contributed by atoms with E-state index >= 15 is 0 Å². The van der Waals surface area contributed by atoms with Crippen LogP contribution in [0.1, 0.15) is 33.6 Å². The van der Waals surface area contributed by atoms with Crippen molar-refractivity contribution in [2.45, 2.75) is 33.6 Å². The van der Waals surface area contributed by atoms with Crippen LogP contribution in [0.25, 0.3) is 0 Å². The number of nitrogens with one attached hydrogen (secondary N) is 2. The van der Waals surface area contributed by atoms with Crippen LogP contribution in [0.4, 0.5) is 0 Å². The molecule has 0 saturated heterocycles. The van der Waals surface area contributed by atoms with Crippen LogP contribution in [0.3, 0.4) is 0 Å². The van der Waals surface area contributed by atoms with Crippen molar-refractivity contribution in [3.8, 4) is 0 Å². The Hall–Kier alpha value is -0.310. The molecule has 0 rings (SSSR count). The minimum Gasteiger partial charge on any atom is -0.363 e. The summed E-state index contributed by atoms with van der Waals surface area (Å²) in [5.74, 6) is 0.793. The molecular formula is C9H20N2S. The van der Waals surface area contributed by atoms with Gasteiger partial charge in [-0.05, 0) is 31.5 Å². The highest BCUT2D eigenvalue weighted by Crippen LogP contribution is 2.03. The largest absolute Gasteiger partial charge is 0.363 e. The average molecular weight is 188 g/mol. The maximum absolute atomic E-state index is 5.02. The Morgan fingerprint density at radius 2 is 2.00 bits per heavy atom. The minimum atomic E-state index is 0.779. The Kier molecular flexibility index (Phi) is 7.16. The minimum absolute atomic E-state index is 0.779. The van der Waals surface area contributed by atoms with Crippen molar-refractivity contribution in [2.24, 2.45) is 5.92 Å². The third-order valence-corrected chi connectivity index (χ3v) is 2.25. The van der Waals surface area contributed by atoms with E-state index < -0.39 is 0 Å². The van der Waals surface area contributed by atoms with E-state index in [9.17, 15) is 0 Å². The van der Waals surface area contributed by atoms with Crippen molar-refractivity contribution in [3.05, 3.63) is 0 Å². The van der Waals surface area contributed by atoms with Crippen LogP contribution in [0.15, 0.2) is 0 Å². The molecular weight excluding hydrogens is 168 g/mol. The maximum Gasteiger partial charge on any atom is 0.166 e. The molecule has 12 heavy (non-hydrogen) atoms. The average Bonchev–Trinajstić information content (AvgIpc) is 2.04. The molecule has 0 amide bonds. The number of thiocarbonyl (C=S) groups is 1. The van der Waals surface area contributed by atoms with Gasteiger partial charge >= 0.3 is 0 Å². The fourth-order valence-electron chi connectivity index (χ4n) is 0.859. The lowest BCUT2D eigenvalue weighted by Gasteiger charge is -2.11. The summed E-state index contributed by atoms with van der Waals surface area (Å²) in [6, 6.07) is 0. The van der Waals surface area contributed by atoms with Crippen molar-refractivity contribution < 1.29 is 0 Å². The van der Waals surface area contributed by atoms with Gasteiger partial charge in [-0.1, -0.05) is 20.3 Å². The van der Waals surface area contributed by atoms with Crippen molar-refractivity contribution >= 4 is 17.3 Å². The van der Waals surface area contributed by atoms with Crippen molar-refractivity contribution in [1.82, 2.24) is 10.6 Å². The summed E-state index contributed by atoms with van der Waals surface area (Å²) in [5.41, 5.74) is 0. The Bertz CT molecular complexity index is 126. The molecule has 2 N–H and O–H groups in total. The first-order valence-corrected chi connectivity index (χ1v) is 5.13. The molecule has 3 heteroatoms. The molecule has 0 radical (unpaired) electrons. The van der Waals surface area contributed by atoms with Gasteiger partial charge < -0.3 is 10.6 Å². The van der Waals surface area contributed by atoms with Gasteiger partial charge in [-0.2, -0.15) is 0 Å². The Morgan fingerprint density at radius 1 is 1.33 bits per heavy atom. The lowest BCUT2D eigenvalue weighted by molar-refractivity contribution is 0.511. The third-order valence-electron chi connectivity index (χ3n) is 1.96. The fraction of sp³-hybridized carbons (Fsp3) is 0.889. The molecule has 0 heterocycles. The zero-order valence-corrected chi connectivity index (χ0v) is 9.13. The summed E-state index contributed by atoms with van der Waals surface area (Å²) in [5, 5.41) is 7.01. The predicted molar refractivity (Wildman–Crippen MR) is 58.3 cm³/mol. The number of hydrogen-bond donors (Lipinski definition) is 2. The molecule has 0 aromatic rings. The first kappa shape index (κ1) is 11.7. The second-order valence-electron chi connectivity index (χ2n) is 3.09. The SMILES string of the molecule is CCNC(=S)NCC[C@H](C)CC. The molecule has 0 saturated carbocycles. The van der Waals surface area contributed by atoms with Gasteiger partial charge in [0.2, 0.25) is 0 Å². The maximum atomic E-state index is 5.02. The summed E-state index contributed by atoms with van der Waals surface area (Å²) in [7, 11) is 0. The van der Waals surface area contributed by atoms with Crippen LogP contribution >= 0.6 is 12.2 Å². The van der Waals surface area contributed by atoms with Gasteiger partial charge in [0.25, 0.3) is 0 Å². The zero-order chi connectivity index (χ0) is 9.40. The summed E-state index contributed by atoms with van der Waals surface area (Å²) < 4.78 is 0. The molecule has 0 aliphatic carbocycles. The standard InChI is InChI=1S/C9H20N2S/c1-4-8(3)6-7-11-9(12)10-5-2/h8H,4-7H2,1-3H3,(H2,10,11,12)/t8-/m1/s1. The van der Waals surface area contributed by atoms with Gasteiger partial charge in [0.05, 0.1) is 0 Å². The number of rotatable bonds is 5. The van der Waals surface area contributed by atoms with Gasteiger partial charge in [-0.25, -0.2) is 0 Å². The highest BCUT2D eigenvalue weighted by molar-refractivity contribution is 7.80. The van der Waals surface area contributed by atoms with Crippen LogP contribution in [0.5, 0.6) is 0 Å². The normalized spacial score (nSPS) is 12.2. The van der Waals surface area contributed by atoms with Crippen LogP contribution < -0.4 is 10.6 Å². The van der Waals surface area contributed by atoms with E-state index in [2.05, 4.69) is 24.5 Å². The predicted octanol–water partition coefficient (Wildman–Crippen LogP) is 1.91. The molecule has 0 bridgehead atoms. The smallest absolute Gasteiger partial charge is 0.166 e. The molecule has 0 aliphatic heterocycles. The molecule has 72 valence electrons. The topological polar surface area (TPSA) is 24.1 Å². The van der Waals surface area contributed by atoms with E-state index in [1.54, 1.807) is 0 Å². The third kappa shape index (κ3) is 6.40. The van der Waals surface area contributed by atoms with Gasteiger partial charge in [0, 0.05) is 13.1 Å². The van der Waals surface area contributed by atoms with E-state index in [1.165, 1.54) is 12.8 Å². The first-order chi connectivity index (χ1) is 5.70. The van der Waals surface area contributed by atoms with Gasteiger partial charge in [0.1, 0.15) is 0 Å². The number of hydrogen-bond acceptors (Lipinski definition) is 1. The molecule has 0 aliphatic rings. The van der Waals surface area contributed by atoms with E-state index in [-0.39, 0.29) is 0 Å². The van der Waals surface area contributed by atoms with Gasteiger partial charge in [0.15, 0.2) is 5.11 Å². The lowest BCUT2D eigenvalue weighted by atomic mass is 10.1. The van der Waals surface area contributed by atoms with Crippen molar-refractivity contribution in [3.63, 3.8) is 0 Å². The quantitative estimate of drug-likeness (QED) is 0.644. The molecule has 0 fully saturated rings. The fourth-order valence-corrected chi connectivity index (χ4v) is 1.11. The van der Waals surface area contributed by atoms with Crippen LogP contribution in [-0.2, 0) is 0 Å². The lowest BCUT2D eigenvalue weighted by Crippen LogP contribution is -2.35. The molecule has 0 spiro atoms. The Labute approximate surface area is 81.1 Å². The molecule has 0 aromatic heterocycles.